The standard InChI is InChI=1S/C44H50N2O8/c1-5-25-45(27-31-17-21-35(22-18-31)53-33-13-9-7-10-14-33)41(47)37-38(40(39(37)43(49)50)44(51)52-29-30(3)4)42(48)46(26-6-2)28-32-19-23-36(24-20-32)54-34-15-11-8-12-16-34/h7-24,30,37-40H,5-6,25-29H2,1-4H3,(H,49,50). The number of carbonyl (C=O) groups excluding carboxylic acids is 3. The summed E-state index contributed by atoms with van der Waals surface area (Å²) in [6, 6.07) is 33.5. The number of ether oxygens (including phenoxy) is 3. The van der Waals surface area contributed by atoms with Crippen LogP contribution in [-0.2, 0) is 37.0 Å². The first kappa shape index (κ1) is 39.6. The Kier molecular flexibility index (Phi) is 13.9. The number of hydrogen-bond acceptors (Lipinski definition) is 7. The van der Waals surface area contributed by atoms with Crippen LogP contribution in [0.5, 0.6) is 23.0 Å². The van der Waals surface area contributed by atoms with Crippen molar-refractivity contribution in [3.8, 4) is 23.0 Å². The molecule has 1 N–H and O–H groups in total. The van der Waals surface area contributed by atoms with Gasteiger partial charge in [0, 0.05) is 26.2 Å². The number of nitrogens with zero attached hydrogens (tertiary/aromatic N) is 2. The zero-order valence-electron chi connectivity index (χ0n) is 31.4. The summed E-state index contributed by atoms with van der Waals surface area (Å²) in [6.45, 7) is 8.78. The largest absolute Gasteiger partial charge is 0.481 e. The fourth-order valence-electron chi connectivity index (χ4n) is 6.82. The average Bonchev–Trinajstić information content (AvgIpc) is 3.15. The Balaban J connectivity index is 1.39. The van der Waals surface area contributed by atoms with Gasteiger partial charge in [-0.3, -0.25) is 19.2 Å². The van der Waals surface area contributed by atoms with Crippen molar-refractivity contribution in [3.05, 3.63) is 120 Å². The molecule has 284 valence electrons. The number of carboxylic acid groups (broad SMARTS) is 1. The summed E-state index contributed by atoms with van der Waals surface area (Å²) in [6.07, 6.45) is 1.22. The fourth-order valence-corrected chi connectivity index (χ4v) is 6.82. The minimum absolute atomic E-state index is 0.00107. The SMILES string of the molecule is CCCN(Cc1ccc(Oc2ccccc2)cc1)C(=O)C1C(C(=O)O)C(C(=O)OCC(C)C)C1C(=O)N(CCC)Cc1ccc(Oc2ccccc2)cc1. The first-order valence-corrected chi connectivity index (χ1v) is 18.7. The molecule has 1 aliphatic rings. The number of amides is 2. The summed E-state index contributed by atoms with van der Waals surface area (Å²) >= 11 is 0. The van der Waals surface area contributed by atoms with Crippen LogP contribution in [-0.4, -0.2) is 58.4 Å². The lowest BCUT2D eigenvalue weighted by Crippen LogP contribution is -2.64. The molecule has 4 aromatic rings. The minimum Gasteiger partial charge on any atom is -0.481 e. The van der Waals surface area contributed by atoms with Crippen LogP contribution >= 0.6 is 0 Å². The predicted molar refractivity (Wildman–Crippen MR) is 205 cm³/mol. The van der Waals surface area contributed by atoms with Crippen LogP contribution < -0.4 is 9.47 Å². The molecule has 4 aromatic carbocycles. The van der Waals surface area contributed by atoms with Crippen LogP contribution in [0.25, 0.3) is 0 Å². The van der Waals surface area contributed by atoms with Crippen molar-refractivity contribution >= 4 is 23.8 Å². The molecular formula is C44H50N2O8. The molecule has 4 atom stereocenters. The third-order valence-corrected chi connectivity index (χ3v) is 9.40. The Morgan fingerprint density at radius 2 is 0.963 bits per heavy atom. The van der Waals surface area contributed by atoms with Crippen LogP contribution in [0.4, 0.5) is 0 Å². The Bertz CT molecular complexity index is 1830. The molecular weight excluding hydrogens is 684 g/mol. The maximum Gasteiger partial charge on any atom is 0.310 e. The lowest BCUT2D eigenvalue weighted by molar-refractivity contribution is -0.190. The van der Waals surface area contributed by atoms with Crippen molar-refractivity contribution in [1.29, 1.82) is 0 Å². The molecule has 0 aliphatic heterocycles. The van der Waals surface area contributed by atoms with Crippen molar-refractivity contribution in [2.45, 2.75) is 53.6 Å². The van der Waals surface area contributed by atoms with E-state index in [-0.39, 0.29) is 25.6 Å². The van der Waals surface area contributed by atoms with Gasteiger partial charge in [-0.05, 0) is 78.4 Å². The van der Waals surface area contributed by atoms with Crippen molar-refractivity contribution in [1.82, 2.24) is 9.80 Å². The number of aliphatic carboxylic acids is 1. The molecule has 1 aliphatic carbocycles. The first-order chi connectivity index (χ1) is 26.1. The van der Waals surface area contributed by atoms with Crippen LogP contribution in [0, 0.1) is 29.6 Å². The van der Waals surface area contributed by atoms with Crippen LogP contribution in [0.15, 0.2) is 109 Å². The Hall–Kier alpha value is -5.64. The predicted octanol–water partition coefficient (Wildman–Crippen LogP) is 8.21. The number of carboxylic acids is 1. The van der Waals surface area contributed by atoms with Crippen molar-refractivity contribution in [3.63, 3.8) is 0 Å². The number of para-hydroxylation sites is 2. The van der Waals surface area contributed by atoms with Gasteiger partial charge in [-0.25, -0.2) is 0 Å². The minimum atomic E-state index is -1.41. The second-order valence-corrected chi connectivity index (χ2v) is 14.1. The van der Waals surface area contributed by atoms with Crippen LogP contribution in [0.1, 0.15) is 51.7 Å². The third kappa shape index (κ3) is 10.1. The van der Waals surface area contributed by atoms with Crippen LogP contribution in [0.2, 0.25) is 0 Å². The summed E-state index contributed by atoms with van der Waals surface area (Å²) in [7, 11) is 0. The highest BCUT2D eigenvalue weighted by Gasteiger charge is 2.65. The van der Waals surface area contributed by atoms with Gasteiger partial charge < -0.3 is 29.1 Å². The lowest BCUT2D eigenvalue weighted by atomic mass is 9.55. The monoisotopic (exact) mass is 734 g/mol. The molecule has 5 rings (SSSR count). The van der Waals surface area contributed by atoms with E-state index >= 15 is 0 Å². The van der Waals surface area contributed by atoms with E-state index in [4.69, 9.17) is 14.2 Å². The second kappa shape index (κ2) is 18.9. The molecule has 0 radical (unpaired) electrons. The smallest absolute Gasteiger partial charge is 0.310 e. The van der Waals surface area contributed by atoms with E-state index in [0.717, 1.165) is 11.1 Å². The molecule has 10 nitrogen and oxygen atoms in total. The Morgan fingerprint density at radius 1 is 0.574 bits per heavy atom. The fraction of sp³-hybridized carbons (Fsp3) is 0.364. The van der Waals surface area contributed by atoms with Gasteiger partial charge in [-0.2, -0.15) is 0 Å². The van der Waals surface area contributed by atoms with Crippen molar-refractivity contribution in [2.24, 2.45) is 29.6 Å². The van der Waals surface area contributed by atoms with E-state index in [9.17, 15) is 24.3 Å². The summed E-state index contributed by atoms with van der Waals surface area (Å²) in [4.78, 5) is 58.8. The lowest BCUT2D eigenvalue weighted by Gasteiger charge is -2.49. The average molecular weight is 735 g/mol. The van der Waals surface area contributed by atoms with Gasteiger partial charge in [-0.1, -0.05) is 88.4 Å². The Labute approximate surface area is 317 Å². The first-order valence-electron chi connectivity index (χ1n) is 18.7. The zero-order valence-corrected chi connectivity index (χ0v) is 31.4. The molecule has 0 bridgehead atoms. The number of rotatable bonds is 18. The molecule has 1 saturated carbocycles. The van der Waals surface area contributed by atoms with E-state index in [1.807, 2.05) is 137 Å². The topological polar surface area (TPSA) is 123 Å². The molecule has 4 unspecified atom stereocenters. The van der Waals surface area contributed by atoms with Gasteiger partial charge >= 0.3 is 11.9 Å². The van der Waals surface area contributed by atoms with Crippen molar-refractivity contribution < 1.29 is 38.5 Å². The van der Waals surface area contributed by atoms with Gasteiger partial charge in [0.05, 0.1) is 30.3 Å². The number of esters is 1. The van der Waals surface area contributed by atoms with Gasteiger partial charge in [0.2, 0.25) is 11.8 Å². The van der Waals surface area contributed by atoms with E-state index in [1.54, 1.807) is 9.80 Å². The zero-order chi connectivity index (χ0) is 38.6. The molecule has 1 fully saturated rings. The number of benzene rings is 4. The van der Waals surface area contributed by atoms with E-state index < -0.39 is 47.4 Å². The summed E-state index contributed by atoms with van der Waals surface area (Å²) in [5.41, 5.74) is 1.63. The highest BCUT2D eigenvalue weighted by atomic mass is 16.5. The highest BCUT2D eigenvalue weighted by Crippen LogP contribution is 2.49. The Morgan fingerprint density at radius 3 is 1.33 bits per heavy atom. The second-order valence-electron chi connectivity index (χ2n) is 14.1. The van der Waals surface area contributed by atoms with Gasteiger partial charge in [0.25, 0.3) is 0 Å². The molecule has 2 amide bonds. The van der Waals surface area contributed by atoms with Crippen LogP contribution in [0.3, 0.4) is 0 Å². The van der Waals surface area contributed by atoms with Gasteiger partial charge in [0.15, 0.2) is 0 Å². The molecule has 10 heteroatoms. The van der Waals surface area contributed by atoms with Crippen molar-refractivity contribution in [2.75, 3.05) is 19.7 Å². The third-order valence-electron chi connectivity index (χ3n) is 9.40. The molecule has 0 heterocycles. The summed E-state index contributed by atoms with van der Waals surface area (Å²) in [5, 5.41) is 10.5. The highest BCUT2D eigenvalue weighted by molar-refractivity contribution is 6.00. The normalized spacial score (nSPS) is 17.6. The molecule has 0 saturated heterocycles. The van der Waals surface area contributed by atoms with E-state index in [1.165, 1.54) is 0 Å². The number of hydrogen-bond donors (Lipinski definition) is 1. The molecule has 54 heavy (non-hydrogen) atoms. The maximum absolute atomic E-state index is 14.6. The summed E-state index contributed by atoms with van der Waals surface area (Å²) in [5.74, 6) is -5.50. The van der Waals surface area contributed by atoms with Gasteiger partial charge in [-0.15, -0.1) is 0 Å². The van der Waals surface area contributed by atoms with Gasteiger partial charge in [0.1, 0.15) is 23.0 Å². The van der Waals surface area contributed by atoms with E-state index in [0.29, 0.717) is 48.9 Å². The van der Waals surface area contributed by atoms with E-state index in [2.05, 4.69) is 0 Å². The quantitative estimate of drug-likeness (QED) is 0.102. The summed E-state index contributed by atoms with van der Waals surface area (Å²) < 4.78 is 17.4. The molecule has 0 spiro atoms. The number of carbonyl (C=O) groups is 4. The maximum atomic E-state index is 14.6. The molecule has 0 aromatic heterocycles.